The summed E-state index contributed by atoms with van der Waals surface area (Å²) in [6, 6.07) is 5.28. The van der Waals surface area contributed by atoms with Crippen molar-refractivity contribution in [2.24, 2.45) is 0 Å². The zero-order chi connectivity index (χ0) is 15.7. The van der Waals surface area contributed by atoms with E-state index >= 15 is 0 Å². The molecule has 2 saturated heterocycles. The molecule has 0 radical (unpaired) electrons. The van der Waals surface area contributed by atoms with Crippen molar-refractivity contribution in [3.63, 3.8) is 0 Å². The van der Waals surface area contributed by atoms with E-state index in [1.807, 2.05) is 4.90 Å². The SMILES string of the molecule is COc1cc(C(=O)N2CCO[C@H]3CCN(C)C[C@@H]32)ccc1Cl. The van der Waals surface area contributed by atoms with Gasteiger partial charge in [-0.15, -0.1) is 0 Å². The Balaban J connectivity index is 1.84. The minimum Gasteiger partial charge on any atom is -0.495 e. The first kappa shape index (κ1) is 15.6. The highest BCUT2D eigenvalue weighted by Crippen LogP contribution is 2.28. The van der Waals surface area contributed by atoms with E-state index in [4.69, 9.17) is 21.1 Å². The minimum absolute atomic E-state index is 0.0172. The van der Waals surface area contributed by atoms with Gasteiger partial charge in [0, 0.05) is 25.2 Å². The summed E-state index contributed by atoms with van der Waals surface area (Å²) >= 11 is 6.04. The molecule has 2 fully saturated rings. The second-order valence-electron chi connectivity index (χ2n) is 5.88. The number of likely N-dealkylation sites (tertiary alicyclic amines) is 1. The summed E-state index contributed by atoms with van der Waals surface area (Å²) in [5.41, 5.74) is 0.607. The summed E-state index contributed by atoms with van der Waals surface area (Å²) in [7, 11) is 3.63. The Morgan fingerprint density at radius 3 is 3.00 bits per heavy atom. The van der Waals surface area contributed by atoms with Crippen LogP contribution in [0.5, 0.6) is 5.75 Å². The lowest BCUT2D eigenvalue weighted by Crippen LogP contribution is -2.60. The first-order valence-corrected chi connectivity index (χ1v) is 7.92. The van der Waals surface area contributed by atoms with Crippen LogP contribution in [0, 0.1) is 0 Å². The number of piperidine rings is 1. The van der Waals surface area contributed by atoms with Gasteiger partial charge in [0.25, 0.3) is 5.91 Å². The number of halogens is 1. The van der Waals surface area contributed by atoms with Crippen molar-refractivity contribution >= 4 is 17.5 Å². The second-order valence-corrected chi connectivity index (χ2v) is 6.28. The number of fused-ring (bicyclic) bond motifs is 1. The molecule has 22 heavy (non-hydrogen) atoms. The third kappa shape index (κ3) is 2.93. The molecule has 5 nitrogen and oxygen atoms in total. The van der Waals surface area contributed by atoms with Gasteiger partial charge in [0.15, 0.2) is 0 Å². The molecular formula is C16H21ClN2O3. The Bertz CT molecular complexity index is 566. The number of methoxy groups -OCH3 is 1. The summed E-state index contributed by atoms with van der Waals surface area (Å²) in [5.74, 6) is 0.543. The Hall–Kier alpha value is -1.30. The lowest BCUT2D eigenvalue weighted by molar-refractivity contribution is -0.0869. The molecule has 2 atom stereocenters. The number of benzene rings is 1. The Morgan fingerprint density at radius 2 is 2.23 bits per heavy atom. The number of amides is 1. The van der Waals surface area contributed by atoms with E-state index in [2.05, 4.69) is 11.9 Å². The van der Waals surface area contributed by atoms with Gasteiger partial charge in [0.1, 0.15) is 5.75 Å². The number of ether oxygens (including phenoxy) is 2. The zero-order valence-electron chi connectivity index (χ0n) is 12.9. The number of carbonyl (C=O) groups excluding carboxylic acids is 1. The summed E-state index contributed by atoms with van der Waals surface area (Å²) in [4.78, 5) is 17.1. The Kier molecular flexibility index (Phi) is 4.57. The average Bonchev–Trinajstić information content (AvgIpc) is 2.54. The number of rotatable bonds is 2. The van der Waals surface area contributed by atoms with E-state index < -0.39 is 0 Å². The van der Waals surface area contributed by atoms with Gasteiger partial charge in [0.05, 0.1) is 30.9 Å². The molecule has 1 amide bonds. The molecule has 0 N–H and O–H groups in total. The van der Waals surface area contributed by atoms with Crippen molar-refractivity contribution in [2.75, 3.05) is 40.4 Å². The molecule has 120 valence electrons. The molecule has 0 unspecified atom stereocenters. The van der Waals surface area contributed by atoms with Crippen molar-refractivity contribution < 1.29 is 14.3 Å². The number of carbonyl (C=O) groups is 1. The van der Waals surface area contributed by atoms with Crippen LogP contribution in [0.15, 0.2) is 18.2 Å². The van der Waals surface area contributed by atoms with E-state index in [0.717, 1.165) is 19.5 Å². The van der Waals surface area contributed by atoms with Crippen LogP contribution in [0.3, 0.4) is 0 Å². The van der Waals surface area contributed by atoms with E-state index in [1.165, 1.54) is 0 Å². The minimum atomic E-state index is 0.0172. The topological polar surface area (TPSA) is 42.0 Å². The van der Waals surface area contributed by atoms with Crippen LogP contribution >= 0.6 is 11.6 Å². The molecule has 0 aliphatic carbocycles. The van der Waals surface area contributed by atoms with Gasteiger partial charge in [-0.05, 0) is 31.7 Å². The van der Waals surface area contributed by atoms with Crippen molar-refractivity contribution in [2.45, 2.75) is 18.6 Å². The van der Waals surface area contributed by atoms with Crippen molar-refractivity contribution in [1.29, 1.82) is 0 Å². The molecule has 0 aromatic heterocycles. The monoisotopic (exact) mass is 324 g/mol. The standard InChI is InChI=1S/C16H21ClN2O3/c1-18-6-5-14-13(10-18)19(7-8-22-14)16(20)11-3-4-12(17)15(9-11)21-2/h3-4,9,13-14H,5-8,10H2,1-2H3/t13-,14-/m0/s1. The predicted molar refractivity (Wildman–Crippen MR) is 84.7 cm³/mol. The van der Waals surface area contributed by atoms with E-state index in [9.17, 15) is 4.79 Å². The van der Waals surface area contributed by atoms with Gasteiger partial charge in [-0.1, -0.05) is 11.6 Å². The molecular weight excluding hydrogens is 304 g/mol. The summed E-state index contributed by atoms with van der Waals surface area (Å²) in [5, 5.41) is 0.510. The van der Waals surface area contributed by atoms with Gasteiger partial charge in [-0.3, -0.25) is 4.79 Å². The highest BCUT2D eigenvalue weighted by molar-refractivity contribution is 6.32. The Labute approximate surface area is 135 Å². The fraction of sp³-hybridized carbons (Fsp3) is 0.562. The van der Waals surface area contributed by atoms with Crippen LogP contribution in [0.4, 0.5) is 0 Å². The largest absolute Gasteiger partial charge is 0.495 e. The molecule has 1 aromatic carbocycles. The zero-order valence-corrected chi connectivity index (χ0v) is 13.7. The molecule has 2 aliphatic rings. The maximum atomic E-state index is 12.9. The molecule has 0 saturated carbocycles. The summed E-state index contributed by atoms with van der Waals surface area (Å²) < 4.78 is 11.1. The number of morpholine rings is 1. The van der Waals surface area contributed by atoms with Crippen LogP contribution in [0.1, 0.15) is 16.8 Å². The normalized spacial score (nSPS) is 25.7. The lowest BCUT2D eigenvalue weighted by Gasteiger charge is -2.46. The molecule has 0 spiro atoms. The lowest BCUT2D eigenvalue weighted by atomic mass is 9.98. The third-order valence-corrected chi connectivity index (χ3v) is 4.76. The van der Waals surface area contributed by atoms with Gasteiger partial charge in [-0.2, -0.15) is 0 Å². The summed E-state index contributed by atoms with van der Waals surface area (Å²) in [6.45, 7) is 3.08. The van der Waals surface area contributed by atoms with Crippen LogP contribution in [-0.4, -0.2) is 68.3 Å². The maximum Gasteiger partial charge on any atom is 0.254 e. The van der Waals surface area contributed by atoms with Gasteiger partial charge < -0.3 is 19.3 Å². The number of hydrogen-bond acceptors (Lipinski definition) is 4. The quantitative estimate of drug-likeness (QED) is 0.833. The number of likely N-dealkylation sites (N-methyl/N-ethyl adjacent to an activating group) is 1. The second kappa shape index (κ2) is 6.44. The predicted octanol–water partition coefficient (Wildman–Crippen LogP) is 1.89. The van der Waals surface area contributed by atoms with Crippen molar-refractivity contribution in [3.05, 3.63) is 28.8 Å². The molecule has 1 aromatic rings. The van der Waals surface area contributed by atoms with Crippen molar-refractivity contribution in [1.82, 2.24) is 9.80 Å². The van der Waals surface area contributed by atoms with Gasteiger partial charge in [0.2, 0.25) is 0 Å². The van der Waals surface area contributed by atoms with Gasteiger partial charge >= 0.3 is 0 Å². The fourth-order valence-electron chi connectivity index (χ4n) is 3.24. The Morgan fingerprint density at radius 1 is 1.41 bits per heavy atom. The van der Waals surface area contributed by atoms with Gasteiger partial charge in [-0.25, -0.2) is 0 Å². The maximum absolute atomic E-state index is 12.9. The number of hydrogen-bond donors (Lipinski definition) is 0. The van der Waals surface area contributed by atoms with Crippen molar-refractivity contribution in [3.8, 4) is 5.75 Å². The van der Waals surface area contributed by atoms with Crippen LogP contribution in [0.2, 0.25) is 5.02 Å². The van der Waals surface area contributed by atoms with Crippen LogP contribution < -0.4 is 4.74 Å². The van der Waals surface area contributed by atoms with Crippen LogP contribution in [-0.2, 0) is 4.74 Å². The molecule has 0 bridgehead atoms. The smallest absolute Gasteiger partial charge is 0.254 e. The first-order valence-electron chi connectivity index (χ1n) is 7.55. The summed E-state index contributed by atoms with van der Waals surface area (Å²) in [6.07, 6.45) is 1.11. The molecule has 3 rings (SSSR count). The highest BCUT2D eigenvalue weighted by Gasteiger charge is 2.38. The first-order chi connectivity index (χ1) is 10.6. The highest BCUT2D eigenvalue weighted by atomic mass is 35.5. The van der Waals surface area contributed by atoms with E-state index in [1.54, 1.807) is 25.3 Å². The number of nitrogens with zero attached hydrogens (tertiary/aromatic N) is 2. The van der Waals surface area contributed by atoms with E-state index in [-0.39, 0.29) is 18.1 Å². The molecule has 2 aliphatic heterocycles. The third-order valence-electron chi connectivity index (χ3n) is 4.45. The molecule has 2 heterocycles. The molecule has 6 heteroatoms. The average molecular weight is 325 g/mol. The van der Waals surface area contributed by atoms with Crippen LogP contribution in [0.25, 0.3) is 0 Å². The fourth-order valence-corrected chi connectivity index (χ4v) is 3.44. The van der Waals surface area contributed by atoms with E-state index in [0.29, 0.717) is 29.5 Å².